The molecule has 0 spiro atoms. The van der Waals surface area contributed by atoms with Crippen LogP contribution in [0.1, 0.15) is 40.2 Å². The zero-order valence-electron chi connectivity index (χ0n) is 17.2. The van der Waals surface area contributed by atoms with Crippen molar-refractivity contribution in [2.75, 3.05) is 0 Å². The van der Waals surface area contributed by atoms with Crippen LogP contribution in [0, 0.1) is 0 Å². The van der Waals surface area contributed by atoms with Crippen molar-refractivity contribution in [3.8, 4) is 11.3 Å². The van der Waals surface area contributed by atoms with Crippen LogP contribution in [0.15, 0.2) is 42.6 Å². The Hall–Kier alpha value is -4.14. The highest BCUT2D eigenvalue weighted by Crippen LogP contribution is 2.37. The number of benzene rings is 2. The van der Waals surface area contributed by atoms with Gasteiger partial charge in [0.25, 0.3) is 5.91 Å². The Morgan fingerprint density at radius 3 is 2.69 bits per heavy atom. The molecule has 9 nitrogen and oxygen atoms in total. The molecular weight excluding hydrogens is 404 g/mol. The quantitative estimate of drug-likeness (QED) is 0.407. The number of nitrogens with zero attached hydrogens (tertiary/aromatic N) is 5. The maximum atomic E-state index is 12.5. The monoisotopic (exact) mass is 424 g/mol. The zero-order valence-corrected chi connectivity index (χ0v) is 17.2. The average molecular weight is 424 g/mol. The van der Waals surface area contributed by atoms with Gasteiger partial charge in [0.15, 0.2) is 5.82 Å². The molecule has 1 aliphatic carbocycles. The average Bonchev–Trinajstić information content (AvgIpc) is 3.54. The van der Waals surface area contributed by atoms with E-state index in [-0.39, 0.29) is 12.5 Å². The van der Waals surface area contributed by atoms with Gasteiger partial charge in [-0.25, -0.2) is 4.98 Å². The van der Waals surface area contributed by atoms with E-state index in [1.54, 1.807) is 0 Å². The number of H-pyrrole nitrogens is 2. The van der Waals surface area contributed by atoms with Gasteiger partial charge in [0.05, 0.1) is 29.5 Å². The summed E-state index contributed by atoms with van der Waals surface area (Å²) in [6.45, 7) is 0.222. The standard InChI is InChI=1S/C23H20N8O/c32-23(24-12-20-28-30-31-29-20)14-7-5-13(6-8-14)22-16-4-2-1-3-15(16)21-17-11-25-27-18(17)9-10-19(21)26-22/h5-11H,1-4,12H2,(H,24,32)(H,25,27)(H,28,29,30,31). The van der Waals surface area contributed by atoms with Gasteiger partial charge in [0, 0.05) is 21.9 Å². The SMILES string of the molecule is O=C(NCc1nn[nH]n1)c1ccc(-c2nc3ccc4[nH]ncc4c3c3c2CCCC3)cc1. The number of carbonyl (C=O) groups is 1. The van der Waals surface area contributed by atoms with Gasteiger partial charge in [-0.2, -0.15) is 10.3 Å². The van der Waals surface area contributed by atoms with Crippen molar-refractivity contribution in [2.45, 2.75) is 32.2 Å². The molecule has 3 heterocycles. The van der Waals surface area contributed by atoms with Gasteiger partial charge in [0.2, 0.25) is 0 Å². The maximum absolute atomic E-state index is 12.5. The molecule has 158 valence electrons. The molecule has 0 radical (unpaired) electrons. The van der Waals surface area contributed by atoms with Crippen molar-refractivity contribution in [1.82, 2.24) is 41.1 Å². The maximum Gasteiger partial charge on any atom is 0.251 e. The number of hydrogen-bond acceptors (Lipinski definition) is 6. The second-order valence-corrected chi connectivity index (χ2v) is 8.00. The Morgan fingerprint density at radius 2 is 1.88 bits per heavy atom. The molecule has 2 aromatic carbocycles. The van der Waals surface area contributed by atoms with E-state index in [9.17, 15) is 4.79 Å². The number of tetrazole rings is 1. The van der Waals surface area contributed by atoms with Crippen molar-refractivity contribution in [1.29, 1.82) is 0 Å². The van der Waals surface area contributed by atoms with Crippen LogP contribution in [0.3, 0.4) is 0 Å². The number of rotatable bonds is 4. The van der Waals surface area contributed by atoms with Gasteiger partial charge in [-0.05, 0) is 61.1 Å². The van der Waals surface area contributed by atoms with E-state index in [2.05, 4.69) is 42.2 Å². The molecule has 0 fully saturated rings. The lowest BCUT2D eigenvalue weighted by molar-refractivity contribution is 0.0950. The van der Waals surface area contributed by atoms with Crippen LogP contribution in [0.25, 0.3) is 33.1 Å². The van der Waals surface area contributed by atoms with E-state index in [0.717, 1.165) is 46.9 Å². The number of aromatic nitrogens is 7. The van der Waals surface area contributed by atoms with Crippen molar-refractivity contribution in [2.24, 2.45) is 0 Å². The Balaban J connectivity index is 1.37. The number of aromatic amines is 2. The number of carbonyl (C=O) groups excluding carboxylic acids is 1. The Kier molecular flexibility index (Phi) is 4.38. The fraction of sp³-hybridized carbons (Fsp3) is 0.217. The van der Waals surface area contributed by atoms with Crippen LogP contribution < -0.4 is 5.32 Å². The van der Waals surface area contributed by atoms with E-state index in [4.69, 9.17) is 4.98 Å². The molecule has 1 amide bonds. The summed E-state index contributed by atoms with van der Waals surface area (Å²) in [5.74, 6) is 0.255. The van der Waals surface area contributed by atoms with Crippen LogP contribution in [-0.2, 0) is 19.4 Å². The van der Waals surface area contributed by atoms with E-state index in [0.29, 0.717) is 11.4 Å². The molecule has 0 unspecified atom stereocenters. The topological polar surface area (TPSA) is 125 Å². The van der Waals surface area contributed by atoms with Crippen LogP contribution in [0.2, 0.25) is 0 Å². The molecule has 1 aliphatic rings. The second-order valence-electron chi connectivity index (χ2n) is 8.00. The molecule has 6 rings (SSSR count). The zero-order chi connectivity index (χ0) is 21.5. The first-order valence-electron chi connectivity index (χ1n) is 10.7. The number of pyridine rings is 1. The predicted octanol–water partition coefficient (Wildman–Crippen LogP) is 3.10. The molecule has 3 N–H and O–H groups in total. The summed E-state index contributed by atoms with van der Waals surface area (Å²) in [7, 11) is 0. The van der Waals surface area contributed by atoms with Gasteiger partial charge in [-0.1, -0.05) is 17.3 Å². The summed E-state index contributed by atoms with van der Waals surface area (Å²) >= 11 is 0. The number of amides is 1. The lowest BCUT2D eigenvalue weighted by atomic mass is 9.85. The van der Waals surface area contributed by atoms with E-state index in [1.807, 2.05) is 36.5 Å². The largest absolute Gasteiger partial charge is 0.345 e. The third kappa shape index (κ3) is 3.09. The number of fused-ring (bicyclic) bond motifs is 5. The molecule has 0 atom stereocenters. The van der Waals surface area contributed by atoms with Crippen molar-refractivity contribution >= 4 is 27.7 Å². The molecule has 3 aromatic heterocycles. The van der Waals surface area contributed by atoms with E-state index in [1.165, 1.54) is 22.9 Å². The Labute approximate surface area is 182 Å². The normalized spacial score (nSPS) is 13.4. The number of aryl methyl sites for hydroxylation is 1. The molecular formula is C23H20N8O. The van der Waals surface area contributed by atoms with Gasteiger partial charge in [-0.15, -0.1) is 10.2 Å². The molecule has 32 heavy (non-hydrogen) atoms. The highest BCUT2D eigenvalue weighted by Gasteiger charge is 2.21. The van der Waals surface area contributed by atoms with Crippen molar-refractivity contribution in [3.05, 3.63) is 65.1 Å². The Morgan fingerprint density at radius 1 is 1.03 bits per heavy atom. The van der Waals surface area contributed by atoms with Gasteiger partial charge >= 0.3 is 0 Å². The fourth-order valence-electron chi connectivity index (χ4n) is 4.58. The second kappa shape index (κ2) is 7.52. The van der Waals surface area contributed by atoms with E-state index >= 15 is 0 Å². The number of hydrogen-bond donors (Lipinski definition) is 3. The van der Waals surface area contributed by atoms with Crippen molar-refractivity contribution in [3.63, 3.8) is 0 Å². The third-order valence-electron chi connectivity index (χ3n) is 6.11. The van der Waals surface area contributed by atoms with Gasteiger partial charge in [0.1, 0.15) is 0 Å². The minimum atomic E-state index is -0.183. The molecule has 0 saturated carbocycles. The molecule has 0 bridgehead atoms. The first-order chi connectivity index (χ1) is 15.8. The van der Waals surface area contributed by atoms with E-state index < -0.39 is 0 Å². The molecule has 0 saturated heterocycles. The van der Waals surface area contributed by atoms with Gasteiger partial charge < -0.3 is 5.32 Å². The summed E-state index contributed by atoms with van der Waals surface area (Å²) in [5, 5.41) is 26.0. The first-order valence-corrected chi connectivity index (χ1v) is 10.7. The summed E-state index contributed by atoms with van der Waals surface area (Å²) in [5.41, 5.74) is 7.32. The number of nitrogens with one attached hydrogen (secondary N) is 3. The van der Waals surface area contributed by atoms with Crippen LogP contribution in [0.5, 0.6) is 0 Å². The first kappa shape index (κ1) is 18.6. The Bertz CT molecular complexity index is 1440. The summed E-state index contributed by atoms with van der Waals surface area (Å²) in [6, 6.07) is 11.7. The van der Waals surface area contributed by atoms with Gasteiger partial charge in [-0.3, -0.25) is 9.89 Å². The molecule has 5 aromatic rings. The highest BCUT2D eigenvalue weighted by atomic mass is 16.1. The third-order valence-corrected chi connectivity index (χ3v) is 6.11. The molecule has 9 heteroatoms. The summed E-state index contributed by atoms with van der Waals surface area (Å²) in [6.07, 6.45) is 6.29. The summed E-state index contributed by atoms with van der Waals surface area (Å²) < 4.78 is 0. The predicted molar refractivity (Wildman–Crippen MR) is 119 cm³/mol. The fourth-order valence-corrected chi connectivity index (χ4v) is 4.58. The van der Waals surface area contributed by atoms with Crippen LogP contribution in [0.4, 0.5) is 0 Å². The summed E-state index contributed by atoms with van der Waals surface area (Å²) in [4.78, 5) is 17.5. The van der Waals surface area contributed by atoms with Crippen molar-refractivity contribution < 1.29 is 4.79 Å². The minimum absolute atomic E-state index is 0.183. The van der Waals surface area contributed by atoms with Crippen LogP contribution >= 0.6 is 0 Å². The minimum Gasteiger partial charge on any atom is -0.345 e. The lowest BCUT2D eigenvalue weighted by Gasteiger charge is -2.22. The smallest absolute Gasteiger partial charge is 0.251 e. The van der Waals surface area contributed by atoms with Crippen LogP contribution in [-0.4, -0.2) is 41.7 Å². The molecule has 0 aliphatic heterocycles. The highest BCUT2D eigenvalue weighted by molar-refractivity contribution is 6.07. The lowest BCUT2D eigenvalue weighted by Crippen LogP contribution is -2.23.